The van der Waals surface area contributed by atoms with Crippen LogP contribution in [0.5, 0.6) is 0 Å². The molecule has 0 atom stereocenters. The minimum atomic E-state index is -0.703. The number of aryl methyl sites for hydroxylation is 1. The zero-order valence-corrected chi connectivity index (χ0v) is 13.8. The van der Waals surface area contributed by atoms with E-state index in [1.165, 1.54) is 0 Å². The van der Waals surface area contributed by atoms with Gasteiger partial charge in [0.15, 0.2) is 5.82 Å². The Morgan fingerprint density at radius 1 is 1.24 bits per heavy atom. The van der Waals surface area contributed by atoms with Crippen LogP contribution in [-0.2, 0) is 17.6 Å². The molecule has 1 heterocycles. The Labute approximate surface area is 130 Å². The van der Waals surface area contributed by atoms with Gasteiger partial charge in [0.05, 0.1) is 16.7 Å². The Bertz CT molecular complexity index is 557. The zero-order chi connectivity index (χ0) is 16.2. The van der Waals surface area contributed by atoms with E-state index in [2.05, 4.69) is 15.5 Å². The summed E-state index contributed by atoms with van der Waals surface area (Å²) in [5.74, 6) is 0.117. The van der Waals surface area contributed by atoms with Crippen molar-refractivity contribution in [2.45, 2.75) is 40.5 Å². The molecule has 0 radical (unpaired) electrons. The summed E-state index contributed by atoms with van der Waals surface area (Å²) in [6, 6.07) is 0. The average molecular weight is 309 g/mol. The molecule has 0 aliphatic rings. The van der Waals surface area contributed by atoms with Crippen molar-refractivity contribution in [3.05, 3.63) is 16.8 Å². The van der Waals surface area contributed by atoms with Gasteiger partial charge in [-0.25, -0.2) is 0 Å². The molecule has 1 aromatic heterocycles. The predicted molar refractivity (Wildman–Crippen MR) is 88.1 cm³/mol. The first kappa shape index (κ1) is 17.3. The fourth-order valence-electron chi connectivity index (χ4n) is 1.95. The number of hydrogen-bond acceptors (Lipinski definition) is 5. The van der Waals surface area contributed by atoms with Gasteiger partial charge in [-0.15, -0.1) is 5.10 Å². The van der Waals surface area contributed by atoms with E-state index < -0.39 is 5.41 Å². The number of amides is 1. The van der Waals surface area contributed by atoms with E-state index in [0.29, 0.717) is 17.9 Å². The number of rotatable bonds is 7. The summed E-state index contributed by atoms with van der Waals surface area (Å²) < 4.78 is 0. The maximum Gasteiger partial charge on any atom is 0.224 e. The van der Waals surface area contributed by atoms with Crippen LogP contribution >= 0.6 is 12.2 Å². The molecule has 116 valence electrons. The van der Waals surface area contributed by atoms with E-state index in [1.54, 1.807) is 13.8 Å². The largest absolute Gasteiger partial charge is 0.389 e. The molecule has 6 nitrogen and oxygen atoms in total. The molecule has 0 spiro atoms. The summed E-state index contributed by atoms with van der Waals surface area (Å²) in [6.45, 7) is 7.89. The van der Waals surface area contributed by atoms with Gasteiger partial charge in [-0.1, -0.05) is 26.1 Å². The van der Waals surface area contributed by atoms with Crippen LogP contribution in [0.1, 0.15) is 44.5 Å². The van der Waals surface area contributed by atoms with Crippen LogP contribution < -0.4 is 16.8 Å². The maximum atomic E-state index is 11.4. The molecular weight excluding hydrogens is 286 g/mol. The van der Waals surface area contributed by atoms with Crippen molar-refractivity contribution < 1.29 is 4.79 Å². The molecule has 0 saturated carbocycles. The smallest absolute Gasteiger partial charge is 0.224 e. The number of thiocarbonyl (C=S) groups is 1. The summed E-state index contributed by atoms with van der Waals surface area (Å²) in [4.78, 5) is 11.7. The van der Waals surface area contributed by atoms with Crippen molar-refractivity contribution in [3.8, 4) is 0 Å². The molecule has 7 heteroatoms. The van der Waals surface area contributed by atoms with Crippen LogP contribution in [0.2, 0.25) is 0 Å². The minimum Gasteiger partial charge on any atom is -0.389 e. The zero-order valence-electron chi connectivity index (χ0n) is 13.0. The Balaban J connectivity index is 3.19. The van der Waals surface area contributed by atoms with Gasteiger partial charge >= 0.3 is 0 Å². The average Bonchev–Trinajstić information content (AvgIpc) is 2.43. The molecule has 0 fully saturated rings. The molecular formula is C14H23N5OS. The van der Waals surface area contributed by atoms with Gasteiger partial charge < -0.3 is 16.8 Å². The van der Waals surface area contributed by atoms with Crippen LogP contribution in [0, 0.1) is 5.41 Å². The monoisotopic (exact) mass is 309 g/mol. The lowest BCUT2D eigenvalue weighted by molar-refractivity contribution is -0.125. The van der Waals surface area contributed by atoms with Crippen molar-refractivity contribution in [3.63, 3.8) is 0 Å². The summed E-state index contributed by atoms with van der Waals surface area (Å²) in [7, 11) is 0. The fraction of sp³-hybridized carbons (Fsp3) is 0.571. The van der Waals surface area contributed by atoms with Gasteiger partial charge in [0.25, 0.3) is 0 Å². The molecule has 0 aliphatic carbocycles. The Kier molecular flexibility index (Phi) is 5.60. The highest BCUT2D eigenvalue weighted by atomic mass is 32.1. The number of anilines is 1. The summed E-state index contributed by atoms with van der Waals surface area (Å²) in [5, 5.41) is 11.5. The van der Waals surface area contributed by atoms with Gasteiger partial charge in [0.2, 0.25) is 5.91 Å². The maximum absolute atomic E-state index is 11.4. The third kappa shape index (κ3) is 3.87. The lowest BCUT2D eigenvalue weighted by Crippen LogP contribution is -2.38. The fourth-order valence-corrected chi connectivity index (χ4v) is 2.17. The van der Waals surface area contributed by atoms with Gasteiger partial charge in [0, 0.05) is 6.54 Å². The summed E-state index contributed by atoms with van der Waals surface area (Å²) in [5.41, 5.74) is 13.1. The van der Waals surface area contributed by atoms with E-state index in [4.69, 9.17) is 23.7 Å². The molecule has 21 heavy (non-hydrogen) atoms. The molecule has 5 N–H and O–H groups in total. The molecule has 1 rings (SSSR count). The lowest BCUT2D eigenvalue weighted by atomic mass is 9.92. The predicted octanol–water partition coefficient (Wildman–Crippen LogP) is 1.16. The van der Waals surface area contributed by atoms with Crippen LogP contribution in [0.25, 0.3) is 0 Å². The third-order valence-corrected chi connectivity index (χ3v) is 3.66. The second-order valence-corrected chi connectivity index (χ2v) is 5.96. The molecule has 0 aromatic carbocycles. The van der Waals surface area contributed by atoms with Crippen molar-refractivity contribution in [2.75, 3.05) is 11.9 Å². The van der Waals surface area contributed by atoms with Crippen LogP contribution in [0.4, 0.5) is 5.82 Å². The van der Waals surface area contributed by atoms with Crippen molar-refractivity contribution in [1.29, 1.82) is 0 Å². The SMILES string of the molecule is CCc1nnc(NCC(C)(C)C(N)=O)c(C(N)=S)c1CC. The highest BCUT2D eigenvalue weighted by Crippen LogP contribution is 2.23. The highest BCUT2D eigenvalue weighted by molar-refractivity contribution is 7.80. The number of nitrogens with one attached hydrogen (secondary N) is 1. The van der Waals surface area contributed by atoms with Crippen LogP contribution in [-0.4, -0.2) is 27.6 Å². The van der Waals surface area contributed by atoms with Crippen molar-refractivity contribution in [1.82, 2.24) is 10.2 Å². The molecule has 0 saturated heterocycles. The number of aromatic nitrogens is 2. The van der Waals surface area contributed by atoms with Gasteiger partial charge in [-0.2, -0.15) is 5.10 Å². The summed E-state index contributed by atoms with van der Waals surface area (Å²) in [6.07, 6.45) is 1.53. The highest BCUT2D eigenvalue weighted by Gasteiger charge is 2.26. The van der Waals surface area contributed by atoms with E-state index in [9.17, 15) is 4.79 Å². The molecule has 1 aromatic rings. The Morgan fingerprint density at radius 3 is 2.29 bits per heavy atom. The van der Waals surface area contributed by atoms with E-state index >= 15 is 0 Å². The molecule has 0 aliphatic heterocycles. The number of hydrogen-bond donors (Lipinski definition) is 3. The number of nitrogens with zero attached hydrogens (tertiary/aromatic N) is 2. The Morgan fingerprint density at radius 2 is 1.86 bits per heavy atom. The van der Waals surface area contributed by atoms with E-state index in [-0.39, 0.29) is 10.9 Å². The van der Waals surface area contributed by atoms with Gasteiger partial charge in [-0.05, 0) is 32.3 Å². The molecule has 1 amide bonds. The van der Waals surface area contributed by atoms with Gasteiger partial charge in [0.1, 0.15) is 4.99 Å². The van der Waals surface area contributed by atoms with E-state index in [1.807, 2.05) is 13.8 Å². The second-order valence-electron chi connectivity index (χ2n) is 5.52. The quantitative estimate of drug-likeness (QED) is 0.652. The number of nitrogens with two attached hydrogens (primary N) is 2. The van der Waals surface area contributed by atoms with Gasteiger partial charge in [-0.3, -0.25) is 4.79 Å². The minimum absolute atomic E-state index is 0.274. The number of carbonyl (C=O) groups excluding carboxylic acids is 1. The topological polar surface area (TPSA) is 107 Å². The first-order valence-electron chi connectivity index (χ1n) is 6.96. The van der Waals surface area contributed by atoms with E-state index in [0.717, 1.165) is 24.1 Å². The lowest BCUT2D eigenvalue weighted by Gasteiger charge is -2.22. The first-order valence-corrected chi connectivity index (χ1v) is 7.37. The van der Waals surface area contributed by atoms with Crippen molar-refractivity contribution in [2.24, 2.45) is 16.9 Å². The van der Waals surface area contributed by atoms with Crippen molar-refractivity contribution >= 4 is 28.9 Å². The summed E-state index contributed by atoms with van der Waals surface area (Å²) >= 11 is 5.15. The van der Waals surface area contributed by atoms with Crippen LogP contribution in [0.3, 0.4) is 0 Å². The Hall–Kier alpha value is -1.76. The molecule has 0 bridgehead atoms. The standard InChI is InChI=1S/C14H23N5OS/c1-5-8-9(6-2)18-19-12(10(8)11(15)21)17-7-14(3,4)13(16)20/h5-7H2,1-4H3,(H2,15,21)(H2,16,20)(H,17,19). The molecule has 0 unspecified atom stereocenters. The third-order valence-electron chi connectivity index (χ3n) is 3.46. The van der Waals surface area contributed by atoms with Crippen LogP contribution in [0.15, 0.2) is 0 Å². The second kappa shape index (κ2) is 6.80. The number of primary amides is 1. The normalized spacial score (nSPS) is 11.2. The first-order chi connectivity index (χ1) is 9.74. The number of carbonyl (C=O) groups is 1.